The Balaban J connectivity index is 4.19. The minimum Gasteiger partial charge on any atom is -0.292 e. The largest absolute Gasteiger partial charge is 0.292 e. The van der Waals surface area contributed by atoms with Crippen LogP contribution in [0.4, 0.5) is 0 Å². The summed E-state index contributed by atoms with van der Waals surface area (Å²) in [5.41, 5.74) is 0. The van der Waals surface area contributed by atoms with Crippen molar-refractivity contribution < 1.29 is 4.79 Å². The van der Waals surface area contributed by atoms with Crippen LogP contribution in [-0.2, 0) is 4.79 Å². The van der Waals surface area contributed by atoms with Gasteiger partial charge in [-0.25, -0.2) is 0 Å². The van der Waals surface area contributed by atoms with Crippen molar-refractivity contribution in [3.05, 3.63) is 8.97 Å². The van der Waals surface area contributed by atoms with E-state index in [4.69, 9.17) is 23.2 Å². The van der Waals surface area contributed by atoms with E-state index >= 15 is 0 Å². The Morgan fingerprint density at radius 2 is 2.00 bits per heavy atom. The van der Waals surface area contributed by atoms with E-state index in [0.717, 1.165) is 19.3 Å². The number of carbonyl (C=O) groups is 1. The van der Waals surface area contributed by atoms with Gasteiger partial charge in [-0.15, -0.1) is 0 Å². The fourth-order valence-corrected chi connectivity index (χ4v) is 2.07. The number of hydrogen-bond acceptors (Lipinski definition) is 1. The topological polar surface area (TPSA) is 17.1 Å². The van der Waals surface area contributed by atoms with Crippen LogP contribution in [0.2, 0.25) is 0 Å². The number of rotatable bonds is 5. The van der Waals surface area contributed by atoms with Gasteiger partial charge in [0.25, 0.3) is 0 Å². The molecule has 76 valence electrons. The lowest BCUT2D eigenvalue weighted by Crippen LogP contribution is -2.13. The molecule has 1 atom stereocenters. The van der Waals surface area contributed by atoms with Gasteiger partial charge in [-0.05, 0) is 22.4 Å². The minimum atomic E-state index is -0.200. The SMILES string of the molecule is CCCC[C@@H](Br)C(=O)C(Br)=C(Cl)Cl. The molecule has 0 aliphatic heterocycles. The average molecular weight is 353 g/mol. The first-order chi connectivity index (χ1) is 6.00. The molecule has 0 aromatic heterocycles. The summed E-state index contributed by atoms with van der Waals surface area (Å²) in [5.74, 6) is -0.103. The predicted molar refractivity (Wildman–Crippen MR) is 64.9 cm³/mol. The van der Waals surface area contributed by atoms with Gasteiger partial charge in [0.05, 0.1) is 9.31 Å². The van der Waals surface area contributed by atoms with Crippen LogP contribution in [0, 0.1) is 0 Å². The van der Waals surface area contributed by atoms with Crippen LogP contribution in [0.1, 0.15) is 26.2 Å². The molecule has 13 heavy (non-hydrogen) atoms. The third-order valence-electron chi connectivity index (χ3n) is 1.48. The first-order valence-corrected chi connectivity index (χ1v) is 6.36. The zero-order chi connectivity index (χ0) is 10.4. The van der Waals surface area contributed by atoms with Crippen molar-refractivity contribution >= 4 is 60.8 Å². The van der Waals surface area contributed by atoms with Crippen LogP contribution in [0.25, 0.3) is 0 Å². The molecule has 0 heterocycles. The van der Waals surface area contributed by atoms with Crippen molar-refractivity contribution in [2.45, 2.75) is 31.0 Å². The third kappa shape index (κ3) is 5.40. The molecule has 0 radical (unpaired) electrons. The van der Waals surface area contributed by atoms with Gasteiger partial charge >= 0.3 is 0 Å². The fourth-order valence-electron chi connectivity index (χ4n) is 0.745. The van der Waals surface area contributed by atoms with Crippen molar-refractivity contribution in [3.63, 3.8) is 0 Å². The van der Waals surface area contributed by atoms with Crippen molar-refractivity contribution in [3.8, 4) is 0 Å². The Morgan fingerprint density at radius 3 is 2.38 bits per heavy atom. The standard InChI is InChI=1S/C8H10Br2Cl2O/c1-2-3-4-5(9)7(13)6(10)8(11)12/h5H,2-4H2,1H3/t5-/m1/s1. The van der Waals surface area contributed by atoms with E-state index in [0.29, 0.717) is 0 Å². The molecule has 0 fully saturated rings. The van der Waals surface area contributed by atoms with E-state index in [1.807, 2.05) is 0 Å². The van der Waals surface area contributed by atoms with Crippen molar-refractivity contribution in [1.29, 1.82) is 0 Å². The highest BCUT2D eigenvalue weighted by atomic mass is 79.9. The second-order valence-corrected chi connectivity index (χ2v) is 5.40. The molecule has 0 aliphatic carbocycles. The Labute approximate surface area is 105 Å². The van der Waals surface area contributed by atoms with Crippen molar-refractivity contribution in [2.24, 2.45) is 0 Å². The Bertz CT molecular complexity index is 212. The highest BCUT2D eigenvalue weighted by Gasteiger charge is 2.19. The van der Waals surface area contributed by atoms with Crippen LogP contribution in [0.5, 0.6) is 0 Å². The molecule has 5 heteroatoms. The molecule has 0 aromatic rings. The Morgan fingerprint density at radius 1 is 1.46 bits per heavy atom. The van der Waals surface area contributed by atoms with Gasteiger partial charge in [-0.3, -0.25) is 4.79 Å². The smallest absolute Gasteiger partial charge is 0.185 e. The second-order valence-electron chi connectivity index (χ2n) is 2.55. The molecule has 0 saturated heterocycles. The average Bonchev–Trinajstić information content (AvgIpc) is 2.11. The second kappa shape index (κ2) is 7.27. The third-order valence-corrected chi connectivity index (χ3v) is 3.97. The number of carbonyl (C=O) groups excluding carboxylic acids is 1. The zero-order valence-electron chi connectivity index (χ0n) is 7.12. The molecule has 0 spiro atoms. The molecule has 0 saturated carbocycles. The summed E-state index contributed by atoms with van der Waals surface area (Å²) < 4.78 is 0.222. The lowest BCUT2D eigenvalue weighted by molar-refractivity contribution is -0.114. The minimum absolute atomic E-state index is 0.0223. The summed E-state index contributed by atoms with van der Waals surface area (Å²) in [6, 6.07) is 0. The molecule has 0 rings (SSSR count). The molecule has 0 amide bonds. The zero-order valence-corrected chi connectivity index (χ0v) is 11.8. The Hall–Kier alpha value is 0.950. The Kier molecular flexibility index (Phi) is 7.80. The lowest BCUT2D eigenvalue weighted by Gasteiger charge is -2.06. The molecule has 0 bridgehead atoms. The molecule has 0 aliphatic rings. The van der Waals surface area contributed by atoms with Gasteiger partial charge in [-0.2, -0.15) is 0 Å². The highest BCUT2D eigenvalue weighted by molar-refractivity contribution is 9.12. The summed E-state index contributed by atoms with van der Waals surface area (Å²) in [6.45, 7) is 2.07. The summed E-state index contributed by atoms with van der Waals surface area (Å²) >= 11 is 17.2. The molecule has 1 nitrogen and oxygen atoms in total. The number of Topliss-reactive ketones (excluding diaryl/α,β-unsaturated/α-hetero) is 1. The first kappa shape index (κ1) is 13.9. The monoisotopic (exact) mass is 350 g/mol. The van der Waals surface area contributed by atoms with Crippen LogP contribution < -0.4 is 0 Å². The van der Waals surface area contributed by atoms with Crippen LogP contribution in [0.3, 0.4) is 0 Å². The van der Waals surface area contributed by atoms with Crippen LogP contribution in [0.15, 0.2) is 8.97 Å². The summed E-state index contributed by atoms with van der Waals surface area (Å²) in [7, 11) is 0. The quantitative estimate of drug-likeness (QED) is 0.524. The molecule has 0 aromatic carbocycles. The van der Waals surface area contributed by atoms with Gasteiger partial charge < -0.3 is 0 Å². The maximum atomic E-state index is 11.5. The number of allylic oxidation sites excluding steroid dienone is 1. The van der Waals surface area contributed by atoms with Gasteiger partial charge in [0, 0.05) is 0 Å². The molecular formula is C8H10Br2Cl2O. The number of alkyl halides is 1. The van der Waals surface area contributed by atoms with Crippen LogP contribution in [-0.4, -0.2) is 10.6 Å². The molecule has 0 N–H and O–H groups in total. The first-order valence-electron chi connectivity index (χ1n) is 3.89. The predicted octanol–water partition coefficient (Wildman–Crippen LogP) is 4.55. The molecular weight excluding hydrogens is 343 g/mol. The number of ketones is 1. The summed E-state index contributed by atoms with van der Waals surface area (Å²) in [5, 5.41) is 0. The van der Waals surface area contributed by atoms with Gasteiger partial charge in [0.2, 0.25) is 0 Å². The van der Waals surface area contributed by atoms with E-state index < -0.39 is 0 Å². The van der Waals surface area contributed by atoms with Gasteiger partial charge in [0.1, 0.15) is 4.49 Å². The van der Waals surface area contributed by atoms with Crippen molar-refractivity contribution in [2.75, 3.05) is 0 Å². The van der Waals surface area contributed by atoms with Crippen molar-refractivity contribution in [1.82, 2.24) is 0 Å². The maximum absolute atomic E-state index is 11.5. The number of halogens is 4. The van der Waals surface area contributed by atoms with Gasteiger partial charge in [0.15, 0.2) is 5.78 Å². The fraction of sp³-hybridized carbons (Fsp3) is 0.625. The normalized spacial score (nSPS) is 12.4. The number of unbranched alkanes of at least 4 members (excludes halogenated alkanes) is 1. The summed E-state index contributed by atoms with van der Waals surface area (Å²) in [4.78, 5) is 11.3. The highest BCUT2D eigenvalue weighted by Crippen LogP contribution is 2.25. The van der Waals surface area contributed by atoms with Crippen LogP contribution >= 0.6 is 55.1 Å². The van der Waals surface area contributed by atoms with E-state index in [9.17, 15) is 4.79 Å². The lowest BCUT2D eigenvalue weighted by atomic mass is 10.1. The number of hydrogen-bond donors (Lipinski definition) is 0. The molecule has 0 unspecified atom stereocenters. The van der Waals surface area contributed by atoms with Gasteiger partial charge in [-0.1, -0.05) is 58.9 Å². The van der Waals surface area contributed by atoms with E-state index in [2.05, 4.69) is 38.8 Å². The maximum Gasteiger partial charge on any atom is 0.185 e. The van der Waals surface area contributed by atoms with E-state index in [1.165, 1.54) is 0 Å². The summed E-state index contributed by atoms with van der Waals surface area (Å²) in [6.07, 6.45) is 2.86. The van der Waals surface area contributed by atoms with E-state index in [1.54, 1.807) is 0 Å². The van der Waals surface area contributed by atoms with E-state index in [-0.39, 0.29) is 19.6 Å².